The van der Waals surface area contributed by atoms with Gasteiger partial charge in [-0.15, -0.1) is 0 Å². The lowest BCUT2D eigenvalue weighted by Gasteiger charge is -2.33. The third kappa shape index (κ3) is 18.0. The highest BCUT2D eigenvalue weighted by molar-refractivity contribution is 5.99. The van der Waals surface area contributed by atoms with Crippen molar-refractivity contribution < 1.29 is 63.0 Å². The summed E-state index contributed by atoms with van der Waals surface area (Å²) in [7, 11) is 0. The van der Waals surface area contributed by atoms with Gasteiger partial charge in [-0.25, -0.2) is 4.79 Å². The van der Waals surface area contributed by atoms with Crippen molar-refractivity contribution in [3.8, 4) is 0 Å². The number of carboxylic acid groups (broad SMARTS) is 2. The van der Waals surface area contributed by atoms with Crippen LogP contribution in [-0.4, -0.2) is 153 Å². The normalized spacial score (nSPS) is 18.2. The molecular weight excluding hydrogens is 913 g/mol. The lowest BCUT2D eigenvalue weighted by molar-refractivity contribution is -0.149. The van der Waals surface area contributed by atoms with Crippen LogP contribution in [0.2, 0.25) is 0 Å². The molecule has 0 aliphatic carbocycles. The molecule has 0 radical (unpaired) electrons. The van der Waals surface area contributed by atoms with Crippen LogP contribution in [0.1, 0.15) is 105 Å². The number of primary amides is 1. The summed E-state index contributed by atoms with van der Waals surface area (Å²) < 4.78 is 0. The first-order chi connectivity index (χ1) is 32.9. The Bertz CT molecular complexity index is 2050. The number of carbonyl (C=O) groups is 11. The molecule has 0 saturated carbocycles. The topological polar surface area (TPSA) is 359 Å². The van der Waals surface area contributed by atoms with Crippen LogP contribution in [0.15, 0.2) is 30.3 Å². The van der Waals surface area contributed by atoms with Gasteiger partial charge >= 0.3 is 11.9 Å². The number of carboxylic acids is 2. The number of rotatable bonds is 27. The van der Waals surface area contributed by atoms with Crippen LogP contribution in [0.5, 0.6) is 0 Å². The molecule has 1 aromatic carbocycles. The van der Waals surface area contributed by atoms with Crippen molar-refractivity contribution in [3.05, 3.63) is 35.9 Å². The van der Waals surface area contributed by atoms with E-state index in [0.29, 0.717) is 18.4 Å². The van der Waals surface area contributed by atoms with E-state index in [0.717, 1.165) is 0 Å². The largest absolute Gasteiger partial charge is 0.481 e. The molecule has 8 atom stereocenters. The van der Waals surface area contributed by atoms with E-state index in [-0.39, 0.29) is 69.9 Å². The monoisotopic (exact) mass is 985 g/mol. The predicted octanol–water partition coefficient (Wildman–Crippen LogP) is -1.35. The van der Waals surface area contributed by atoms with Gasteiger partial charge in [0.25, 0.3) is 0 Å². The molecule has 2 fully saturated rings. The lowest BCUT2D eigenvalue weighted by atomic mass is 9.98. The van der Waals surface area contributed by atoms with Crippen LogP contribution >= 0.6 is 0 Å². The van der Waals surface area contributed by atoms with E-state index in [1.165, 1.54) is 9.80 Å². The molecule has 2 heterocycles. The van der Waals surface area contributed by atoms with E-state index in [4.69, 9.17) is 16.6 Å². The summed E-state index contributed by atoms with van der Waals surface area (Å²) >= 11 is 0. The molecule has 23 heteroatoms. The van der Waals surface area contributed by atoms with Crippen molar-refractivity contribution in [2.24, 2.45) is 29.2 Å². The quantitative estimate of drug-likeness (QED) is 0.0488. The van der Waals surface area contributed by atoms with Crippen molar-refractivity contribution in [2.45, 2.75) is 154 Å². The van der Waals surface area contributed by atoms with E-state index in [1.54, 1.807) is 44.2 Å². The fourth-order valence-electron chi connectivity index (χ4n) is 8.38. The smallest absolute Gasteiger partial charge is 0.326 e. The first-order valence-corrected chi connectivity index (χ1v) is 23.8. The van der Waals surface area contributed by atoms with Gasteiger partial charge in [-0.1, -0.05) is 71.9 Å². The zero-order valence-electron chi connectivity index (χ0n) is 40.9. The molecule has 9 amide bonds. The Morgan fingerprint density at radius 1 is 0.671 bits per heavy atom. The molecule has 12 N–H and O–H groups in total. The summed E-state index contributed by atoms with van der Waals surface area (Å²) in [6.45, 7) is 10.0. The number of aliphatic carboxylic acids is 2. The van der Waals surface area contributed by atoms with E-state index < -0.39 is 132 Å². The maximum Gasteiger partial charge on any atom is 0.326 e. The van der Waals surface area contributed by atoms with E-state index in [2.05, 4.69) is 31.9 Å². The third-order valence-corrected chi connectivity index (χ3v) is 12.0. The predicted molar refractivity (Wildman–Crippen MR) is 252 cm³/mol. The van der Waals surface area contributed by atoms with Crippen molar-refractivity contribution >= 4 is 65.1 Å². The van der Waals surface area contributed by atoms with Gasteiger partial charge in [0.15, 0.2) is 0 Å². The van der Waals surface area contributed by atoms with Crippen molar-refractivity contribution in [1.82, 2.24) is 41.7 Å². The summed E-state index contributed by atoms with van der Waals surface area (Å²) in [6.07, 6.45) is 0.409. The summed E-state index contributed by atoms with van der Waals surface area (Å²) in [5, 5.41) is 34.1. The second-order valence-electron chi connectivity index (χ2n) is 19.1. The molecule has 23 nitrogen and oxygen atoms in total. The van der Waals surface area contributed by atoms with Crippen LogP contribution in [0.25, 0.3) is 0 Å². The highest BCUT2D eigenvalue weighted by Crippen LogP contribution is 2.26. The number of carbonyl (C=O) groups excluding carboxylic acids is 9. The lowest BCUT2D eigenvalue weighted by Crippen LogP contribution is -2.59. The molecule has 1 aromatic rings. The zero-order chi connectivity index (χ0) is 52.4. The van der Waals surface area contributed by atoms with Crippen LogP contribution in [0.3, 0.4) is 0 Å². The first kappa shape index (κ1) is 57.7. The van der Waals surface area contributed by atoms with E-state index in [1.807, 2.05) is 27.7 Å². The minimum Gasteiger partial charge on any atom is -0.481 e. The maximum atomic E-state index is 14.1. The molecule has 0 unspecified atom stereocenters. The standard InChI is InChI=1S/C47H72N10O13/c1-25(2)20-30(52-40(62)29(48)16-17-38(60)61)41(63)53-31(21-26(3)4)42(64)55-39(27(5)6)44(66)50-24-37(59)51-32(23-36(49)58)45(67)57-19-11-15-35(57)46(68)56-18-10-14-34(56)43(65)54-33(47(69)70)22-28-12-8-7-9-13-28/h7-9,12-13,25-27,29-35,39H,10-11,14-24,48H2,1-6H3,(H2,49,58)(H,50,66)(H,51,59)(H,52,62)(H,53,63)(H,54,65)(H,55,64)(H,60,61)(H,69,70)/t29-,30-,31-,32-,33-,34-,35-,39-/m0/s1. The first-order valence-electron chi connectivity index (χ1n) is 23.8. The highest BCUT2D eigenvalue weighted by Gasteiger charge is 2.44. The zero-order valence-corrected chi connectivity index (χ0v) is 40.9. The molecule has 0 spiro atoms. The van der Waals surface area contributed by atoms with Gasteiger partial charge < -0.3 is 63.4 Å². The number of nitrogens with one attached hydrogen (secondary N) is 6. The molecule has 0 bridgehead atoms. The number of likely N-dealkylation sites (tertiary alicyclic amines) is 2. The van der Waals surface area contributed by atoms with Gasteiger partial charge in [-0.3, -0.25) is 47.9 Å². The molecule has 2 aliphatic heterocycles. The van der Waals surface area contributed by atoms with Gasteiger partial charge in [0.2, 0.25) is 53.2 Å². The Morgan fingerprint density at radius 2 is 1.23 bits per heavy atom. The second-order valence-corrected chi connectivity index (χ2v) is 19.1. The number of benzene rings is 1. The summed E-state index contributed by atoms with van der Waals surface area (Å²) in [6, 6.07) is -0.896. The van der Waals surface area contributed by atoms with Gasteiger partial charge in [0, 0.05) is 25.9 Å². The average molecular weight is 985 g/mol. The number of amides is 9. The number of nitrogens with two attached hydrogens (primary N) is 2. The molecule has 70 heavy (non-hydrogen) atoms. The van der Waals surface area contributed by atoms with Crippen molar-refractivity contribution in [2.75, 3.05) is 19.6 Å². The van der Waals surface area contributed by atoms with Crippen LogP contribution < -0.4 is 43.4 Å². The molecule has 388 valence electrons. The molecule has 3 rings (SSSR count). The van der Waals surface area contributed by atoms with Gasteiger partial charge in [-0.2, -0.15) is 0 Å². The minimum atomic E-state index is -1.55. The Balaban J connectivity index is 1.67. The summed E-state index contributed by atoms with van der Waals surface area (Å²) in [4.78, 5) is 146. The van der Waals surface area contributed by atoms with Crippen molar-refractivity contribution in [3.63, 3.8) is 0 Å². The van der Waals surface area contributed by atoms with Crippen molar-refractivity contribution in [1.29, 1.82) is 0 Å². The Hall–Kier alpha value is -6.65. The highest BCUT2D eigenvalue weighted by atomic mass is 16.4. The molecular formula is C47H72N10O13. The van der Waals surface area contributed by atoms with Crippen LogP contribution in [0, 0.1) is 17.8 Å². The molecule has 0 aromatic heterocycles. The Kier molecular flexibility index (Phi) is 22.7. The SMILES string of the molecule is CC(C)C[C@H](NC(=O)[C@H](CC(C)C)NC(=O)[C@@H](N)CCC(=O)O)C(=O)N[C@H](C(=O)NCC(=O)N[C@@H](CC(N)=O)C(=O)N1CCC[C@H]1C(=O)N1CCC[C@H]1C(=O)N[C@@H](Cc1ccccc1)C(=O)O)C(C)C. The van der Waals surface area contributed by atoms with Crippen LogP contribution in [0.4, 0.5) is 0 Å². The summed E-state index contributed by atoms with van der Waals surface area (Å²) in [5.74, 6) is -10.0. The average Bonchev–Trinajstić information content (AvgIpc) is 3.99. The van der Waals surface area contributed by atoms with E-state index in [9.17, 15) is 57.8 Å². The van der Waals surface area contributed by atoms with Gasteiger partial charge in [0.1, 0.15) is 42.3 Å². The molecule has 2 aliphatic rings. The number of hydrogen-bond donors (Lipinski definition) is 10. The number of nitrogens with zero attached hydrogens (tertiary/aromatic N) is 2. The fraction of sp³-hybridized carbons (Fsp3) is 0.638. The number of hydrogen-bond acceptors (Lipinski definition) is 12. The van der Waals surface area contributed by atoms with E-state index >= 15 is 0 Å². The third-order valence-electron chi connectivity index (χ3n) is 12.0. The van der Waals surface area contributed by atoms with Gasteiger partial charge in [0.05, 0.1) is 19.0 Å². The summed E-state index contributed by atoms with van der Waals surface area (Å²) in [5.41, 5.74) is 12.0. The second kappa shape index (κ2) is 27.5. The molecule has 2 saturated heterocycles. The Labute approximate surface area is 407 Å². The fourth-order valence-corrected chi connectivity index (χ4v) is 8.38. The van der Waals surface area contributed by atoms with Crippen LogP contribution in [-0.2, 0) is 59.2 Å². The maximum absolute atomic E-state index is 14.1. The van der Waals surface area contributed by atoms with Gasteiger partial charge in [-0.05, 0) is 68.3 Å². The minimum absolute atomic E-state index is 0.0149. The Morgan fingerprint density at radius 3 is 1.77 bits per heavy atom.